The van der Waals surface area contributed by atoms with E-state index in [2.05, 4.69) is 15.5 Å². The summed E-state index contributed by atoms with van der Waals surface area (Å²) in [6.07, 6.45) is 4.08. The van der Waals surface area contributed by atoms with Gasteiger partial charge in [0, 0.05) is 35.7 Å². The lowest BCUT2D eigenvalue weighted by molar-refractivity contribution is -0.384. The van der Waals surface area contributed by atoms with Crippen molar-refractivity contribution in [3.8, 4) is 5.75 Å². The topological polar surface area (TPSA) is 118 Å². The zero-order valence-electron chi connectivity index (χ0n) is 11.6. The number of aromatic hydroxyl groups is 1. The second-order valence-corrected chi connectivity index (χ2v) is 4.39. The van der Waals surface area contributed by atoms with Crippen LogP contribution < -0.4 is 5.43 Å². The van der Waals surface area contributed by atoms with Crippen LogP contribution in [0.5, 0.6) is 5.75 Å². The first-order valence-corrected chi connectivity index (χ1v) is 6.20. The van der Waals surface area contributed by atoms with Crippen LogP contribution in [0.25, 0.3) is 0 Å². The largest absolute Gasteiger partial charge is 0.507 e. The zero-order chi connectivity index (χ0) is 16.1. The van der Waals surface area contributed by atoms with Crippen molar-refractivity contribution in [2.45, 2.75) is 6.92 Å². The minimum absolute atomic E-state index is 0.132. The first-order valence-electron chi connectivity index (χ1n) is 6.20. The Bertz CT molecular complexity index is 744. The summed E-state index contributed by atoms with van der Waals surface area (Å²) in [6, 6.07) is 5.45. The first-order chi connectivity index (χ1) is 10.5. The summed E-state index contributed by atoms with van der Waals surface area (Å²) in [5.74, 6) is -0.590. The molecule has 0 radical (unpaired) electrons. The number of carbonyl (C=O) groups excluding carboxylic acids is 1. The van der Waals surface area contributed by atoms with Gasteiger partial charge < -0.3 is 5.11 Å². The molecule has 1 aromatic carbocycles. The normalized spacial score (nSPS) is 10.6. The number of pyridine rings is 1. The van der Waals surface area contributed by atoms with E-state index in [1.54, 1.807) is 0 Å². The van der Waals surface area contributed by atoms with Gasteiger partial charge in [0.1, 0.15) is 5.75 Å². The molecule has 0 spiro atoms. The van der Waals surface area contributed by atoms with Crippen molar-refractivity contribution >= 4 is 17.8 Å². The molecule has 0 saturated heterocycles. The monoisotopic (exact) mass is 300 g/mol. The fourth-order valence-corrected chi connectivity index (χ4v) is 1.72. The molecular formula is C14H12N4O4. The molecule has 2 aromatic rings. The first kappa shape index (κ1) is 15.1. The average Bonchev–Trinajstić information content (AvgIpc) is 2.51. The summed E-state index contributed by atoms with van der Waals surface area (Å²) in [6.45, 7) is 1.54. The SMILES string of the molecule is Cc1cc([N+](=O)[O-])cc(/C=N/NC(=O)c2ccncc2)c1O. The highest BCUT2D eigenvalue weighted by molar-refractivity contribution is 5.95. The molecule has 2 rings (SSSR count). The van der Waals surface area contributed by atoms with E-state index in [1.807, 2.05) is 0 Å². The van der Waals surface area contributed by atoms with Gasteiger partial charge in [-0.25, -0.2) is 5.43 Å². The Kier molecular flexibility index (Phi) is 4.42. The molecule has 0 atom stereocenters. The minimum atomic E-state index is -0.570. The quantitative estimate of drug-likeness (QED) is 0.507. The van der Waals surface area contributed by atoms with Gasteiger partial charge in [0.15, 0.2) is 0 Å². The molecule has 0 unspecified atom stereocenters. The Morgan fingerprint density at radius 2 is 2.09 bits per heavy atom. The summed E-state index contributed by atoms with van der Waals surface area (Å²) in [5, 5.41) is 24.3. The number of nitro groups is 1. The highest BCUT2D eigenvalue weighted by Gasteiger charge is 2.12. The number of hydrazone groups is 1. The number of hydrogen-bond acceptors (Lipinski definition) is 6. The summed E-state index contributed by atoms with van der Waals surface area (Å²) in [4.78, 5) is 25.7. The van der Waals surface area contributed by atoms with Crippen molar-refractivity contribution in [1.82, 2.24) is 10.4 Å². The van der Waals surface area contributed by atoms with E-state index in [9.17, 15) is 20.0 Å². The zero-order valence-corrected chi connectivity index (χ0v) is 11.6. The van der Waals surface area contributed by atoms with Crippen LogP contribution in [0.1, 0.15) is 21.5 Å². The third-order valence-electron chi connectivity index (χ3n) is 2.84. The Balaban J connectivity index is 2.17. The number of rotatable bonds is 4. The van der Waals surface area contributed by atoms with Gasteiger partial charge in [0.2, 0.25) is 0 Å². The van der Waals surface area contributed by atoms with Crippen LogP contribution in [0, 0.1) is 17.0 Å². The number of nitro benzene ring substituents is 1. The fourth-order valence-electron chi connectivity index (χ4n) is 1.72. The summed E-state index contributed by atoms with van der Waals surface area (Å²) in [7, 11) is 0. The van der Waals surface area contributed by atoms with Gasteiger partial charge in [-0.2, -0.15) is 5.10 Å². The number of non-ortho nitro benzene ring substituents is 1. The van der Waals surface area contributed by atoms with Crippen LogP contribution in [-0.4, -0.2) is 27.1 Å². The van der Waals surface area contributed by atoms with Crippen LogP contribution in [0.15, 0.2) is 41.8 Å². The summed E-state index contributed by atoms with van der Waals surface area (Å²) >= 11 is 0. The number of nitrogens with zero attached hydrogens (tertiary/aromatic N) is 3. The lowest BCUT2D eigenvalue weighted by Crippen LogP contribution is -2.17. The predicted molar refractivity (Wildman–Crippen MR) is 78.8 cm³/mol. The molecule has 1 heterocycles. The van der Waals surface area contributed by atoms with E-state index in [0.717, 1.165) is 6.21 Å². The molecule has 0 aliphatic carbocycles. The van der Waals surface area contributed by atoms with Gasteiger partial charge in [0.05, 0.1) is 11.1 Å². The molecule has 22 heavy (non-hydrogen) atoms. The Labute approximate surface area is 125 Å². The van der Waals surface area contributed by atoms with Crippen LogP contribution in [0.3, 0.4) is 0 Å². The number of carbonyl (C=O) groups is 1. The van der Waals surface area contributed by atoms with Crippen molar-refractivity contribution in [1.29, 1.82) is 0 Å². The van der Waals surface area contributed by atoms with E-state index >= 15 is 0 Å². The third kappa shape index (κ3) is 3.42. The number of benzene rings is 1. The Morgan fingerprint density at radius 1 is 1.41 bits per heavy atom. The molecule has 1 amide bonds. The standard InChI is InChI=1S/C14H12N4O4/c1-9-6-12(18(21)22)7-11(13(9)19)8-16-17-14(20)10-2-4-15-5-3-10/h2-8,19H,1H3,(H,17,20)/b16-8+. The number of phenols is 1. The minimum Gasteiger partial charge on any atom is -0.507 e. The molecule has 0 bridgehead atoms. The fraction of sp³-hybridized carbons (Fsp3) is 0.0714. The van der Waals surface area contributed by atoms with E-state index in [4.69, 9.17) is 0 Å². The highest BCUT2D eigenvalue weighted by atomic mass is 16.6. The predicted octanol–water partition coefficient (Wildman–Crippen LogP) is 1.77. The van der Waals surface area contributed by atoms with Crippen LogP contribution >= 0.6 is 0 Å². The molecule has 0 aliphatic heterocycles. The molecule has 1 aromatic heterocycles. The molecule has 8 nitrogen and oxygen atoms in total. The van der Waals surface area contributed by atoms with Crippen molar-refractivity contribution in [2.75, 3.05) is 0 Å². The van der Waals surface area contributed by atoms with Crippen molar-refractivity contribution in [2.24, 2.45) is 5.10 Å². The van der Waals surface area contributed by atoms with Gasteiger partial charge in [-0.05, 0) is 24.6 Å². The second-order valence-electron chi connectivity index (χ2n) is 4.39. The number of phenolic OH excluding ortho intramolecular Hbond substituents is 1. The Hall–Kier alpha value is -3.29. The lowest BCUT2D eigenvalue weighted by atomic mass is 10.1. The number of amides is 1. The Morgan fingerprint density at radius 3 is 2.73 bits per heavy atom. The number of hydrogen-bond donors (Lipinski definition) is 2. The lowest BCUT2D eigenvalue weighted by Gasteiger charge is -2.03. The smallest absolute Gasteiger partial charge is 0.271 e. The maximum atomic E-state index is 11.7. The molecule has 0 fully saturated rings. The van der Waals surface area contributed by atoms with Crippen LogP contribution in [0.2, 0.25) is 0 Å². The molecule has 112 valence electrons. The van der Waals surface area contributed by atoms with E-state index in [0.29, 0.717) is 11.1 Å². The maximum absolute atomic E-state index is 11.7. The van der Waals surface area contributed by atoms with Crippen LogP contribution in [-0.2, 0) is 0 Å². The van der Waals surface area contributed by atoms with Crippen molar-refractivity contribution < 1.29 is 14.8 Å². The summed E-state index contributed by atoms with van der Waals surface area (Å²) in [5.41, 5.74) is 2.95. The number of aromatic nitrogens is 1. The van der Waals surface area contributed by atoms with Gasteiger partial charge in [0.25, 0.3) is 11.6 Å². The molecular weight excluding hydrogens is 288 g/mol. The molecule has 8 heteroatoms. The second kappa shape index (κ2) is 6.44. The highest BCUT2D eigenvalue weighted by Crippen LogP contribution is 2.26. The number of aryl methyl sites for hydroxylation is 1. The molecule has 0 aliphatic rings. The van der Waals surface area contributed by atoms with E-state index in [-0.39, 0.29) is 17.0 Å². The summed E-state index contributed by atoms with van der Waals surface area (Å²) < 4.78 is 0. The van der Waals surface area contributed by atoms with Crippen molar-refractivity contribution in [3.05, 3.63) is 63.5 Å². The third-order valence-corrected chi connectivity index (χ3v) is 2.84. The van der Waals surface area contributed by atoms with Gasteiger partial charge in [-0.3, -0.25) is 19.9 Å². The number of nitrogens with one attached hydrogen (secondary N) is 1. The van der Waals surface area contributed by atoms with Crippen LogP contribution in [0.4, 0.5) is 5.69 Å². The van der Waals surface area contributed by atoms with E-state index in [1.165, 1.54) is 43.6 Å². The average molecular weight is 300 g/mol. The van der Waals surface area contributed by atoms with Gasteiger partial charge in [-0.15, -0.1) is 0 Å². The molecule has 2 N–H and O–H groups in total. The molecule has 0 saturated carbocycles. The maximum Gasteiger partial charge on any atom is 0.271 e. The van der Waals surface area contributed by atoms with Gasteiger partial charge in [-0.1, -0.05) is 0 Å². The van der Waals surface area contributed by atoms with Gasteiger partial charge >= 0.3 is 0 Å². The van der Waals surface area contributed by atoms with E-state index < -0.39 is 10.8 Å². The van der Waals surface area contributed by atoms with Crippen molar-refractivity contribution in [3.63, 3.8) is 0 Å².